The van der Waals surface area contributed by atoms with E-state index in [-0.39, 0.29) is 28.0 Å². The van der Waals surface area contributed by atoms with E-state index in [1.54, 1.807) is 12.1 Å². The number of aromatic amines is 1. The highest BCUT2D eigenvalue weighted by atomic mass is 79.9. The number of carbonyl (C=O) groups is 2. The van der Waals surface area contributed by atoms with Crippen LogP contribution in [0.25, 0.3) is 0 Å². The van der Waals surface area contributed by atoms with E-state index in [1.165, 1.54) is 28.0 Å². The number of hydrogen-bond donors (Lipinski definition) is 1. The number of thioether (sulfide) groups is 1. The van der Waals surface area contributed by atoms with Gasteiger partial charge in [-0.3, -0.25) is 14.4 Å². The number of anilines is 1. The van der Waals surface area contributed by atoms with Gasteiger partial charge in [0.15, 0.2) is 0 Å². The minimum atomic E-state index is -0.456. The van der Waals surface area contributed by atoms with Crippen molar-refractivity contribution in [1.82, 2.24) is 4.98 Å². The fourth-order valence-electron chi connectivity index (χ4n) is 4.67. The zero-order valence-corrected chi connectivity index (χ0v) is 16.9. The van der Waals surface area contributed by atoms with Crippen LogP contribution < -0.4 is 9.77 Å². The molecule has 1 saturated carbocycles. The first-order valence-corrected chi connectivity index (χ1v) is 11.0. The van der Waals surface area contributed by atoms with Crippen molar-refractivity contribution < 1.29 is 9.59 Å². The lowest BCUT2D eigenvalue weighted by atomic mass is 9.71. The van der Waals surface area contributed by atoms with Gasteiger partial charge in [-0.05, 0) is 37.1 Å². The van der Waals surface area contributed by atoms with E-state index in [4.69, 9.17) is 0 Å². The molecule has 2 amide bonds. The Labute approximate surface area is 166 Å². The number of hydrogen-bond acceptors (Lipinski definition) is 5. The molecule has 1 aromatic heterocycles. The zero-order chi connectivity index (χ0) is 18.1. The molecule has 5 rings (SSSR count). The van der Waals surface area contributed by atoms with Crippen molar-refractivity contribution >= 4 is 56.5 Å². The molecule has 1 spiro atoms. The smallest absolute Gasteiger partial charge is 0.305 e. The highest BCUT2D eigenvalue weighted by molar-refractivity contribution is 9.10. The molecule has 26 heavy (non-hydrogen) atoms. The van der Waals surface area contributed by atoms with E-state index in [9.17, 15) is 14.4 Å². The van der Waals surface area contributed by atoms with Gasteiger partial charge in [-0.15, -0.1) is 0 Å². The first-order valence-electron chi connectivity index (χ1n) is 8.55. The molecule has 1 saturated heterocycles. The number of benzene rings is 1. The van der Waals surface area contributed by atoms with Gasteiger partial charge >= 0.3 is 4.87 Å². The molecule has 1 aromatic carbocycles. The minimum Gasteiger partial charge on any atom is -0.307 e. The Balaban J connectivity index is 1.65. The predicted molar refractivity (Wildman–Crippen MR) is 105 cm³/mol. The lowest BCUT2D eigenvalue weighted by molar-refractivity contribution is -0.123. The first kappa shape index (κ1) is 16.8. The van der Waals surface area contributed by atoms with E-state index in [2.05, 4.69) is 20.9 Å². The number of carbonyl (C=O) groups excluding carboxylic acids is 2. The summed E-state index contributed by atoms with van der Waals surface area (Å²) in [5.74, 6) is -0.676. The van der Waals surface area contributed by atoms with Crippen LogP contribution in [0, 0.1) is 5.92 Å². The molecule has 5 nitrogen and oxygen atoms in total. The second kappa shape index (κ2) is 5.81. The molecule has 1 aliphatic carbocycles. The van der Waals surface area contributed by atoms with Gasteiger partial charge in [-0.25, -0.2) is 4.90 Å². The van der Waals surface area contributed by atoms with E-state index in [0.29, 0.717) is 5.69 Å². The summed E-state index contributed by atoms with van der Waals surface area (Å²) in [7, 11) is 0. The van der Waals surface area contributed by atoms with Crippen molar-refractivity contribution in [2.45, 2.75) is 41.4 Å². The highest BCUT2D eigenvalue weighted by Gasteiger charge is 2.63. The number of nitrogens with zero attached hydrogens (tertiary/aromatic N) is 1. The lowest BCUT2D eigenvalue weighted by Gasteiger charge is -2.39. The van der Waals surface area contributed by atoms with Crippen molar-refractivity contribution in [3.05, 3.63) is 43.3 Å². The van der Waals surface area contributed by atoms with Crippen LogP contribution in [0.15, 0.2) is 38.6 Å². The molecule has 2 fully saturated rings. The summed E-state index contributed by atoms with van der Waals surface area (Å²) in [6.45, 7) is 0. The highest BCUT2D eigenvalue weighted by Crippen LogP contribution is 2.59. The summed E-state index contributed by atoms with van der Waals surface area (Å²) < 4.78 is 0.902. The Bertz CT molecular complexity index is 975. The molecular weight excluding hydrogens is 436 g/mol. The van der Waals surface area contributed by atoms with Gasteiger partial charge in [0, 0.05) is 14.8 Å². The molecule has 134 valence electrons. The number of rotatable bonds is 1. The Hall–Kier alpha value is -1.38. The van der Waals surface area contributed by atoms with Crippen molar-refractivity contribution in [2.24, 2.45) is 5.92 Å². The number of nitrogens with one attached hydrogen (secondary N) is 1. The Morgan fingerprint density at radius 2 is 1.77 bits per heavy atom. The number of fused-ring (bicyclic) bond motifs is 4. The maximum absolute atomic E-state index is 13.4. The van der Waals surface area contributed by atoms with Crippen LogP contribution in [0.3, 0.4) is 0 Å². The number of amides is 2. The van der Waals surface area contributed by atoms with Crippen molar-refractivity contribution in [3.8, 4) is 0 Å². The topological polar surface area (TPSA) is 70.2 Å². The third-order valence-corrected chi connectivity index (χ3v) is 8.77. The second-order valence-corrected chi connectivity index (χ2v) is 10.1. The van der Waals surface area contributed by atoms with Crippen LogP contribution in [0.2, 0.25) is 0 Å². The van der Waals surface area contributed by atoms with Gasteiger partial charge in [0.05, 0.1) is 16.6 Å². The maximum Gasteiger partial charge on any atom is 0.305 e. The Morgan fingerprint density at radius 3 is 2.46 bits per heavy atom. The third-order valence-electron chi connectivity index (χ3n) is 5.74. The number of halogens is 1. The largest absolute Gasteiger partial charge is 0.307 e. The van der Waals surface area contributed by atoms with Crippen molar-refractivity contribution in [2.75, 3.05) is 4.90 Å². The summed E-state index contributed by atoms with van der Waals surface area (Å²) in [6, 6.07) is 7.26. The SMILES string of the molecule is O=C1[C@@H]2[C@@H](Sc3[nH]c(=O)sc3C23CCCC3)C(=O)N1c1ccc(Br)cc1. The fraction of sp³-hybridized carbons (Fsp3) is 0.389. The molecule has 3 heterocycles. The van der Waals surface area contributed by atoms with E-state index in [0.717, 1.165) is 40.1 Å². The second-order valence-electron chi connectivity index (χ2n) is 7.04. The molecule has 2 aromatic rings. The summed E-state index contributed by atoms with van der Waals surface area (Å²) in [5, 5.41) is 0.337. The average Bonchev–Trinajstić information content (AvgIpc) is 3.29. The van der Waals surface area contributed by atoms with Gasteiger partial charge in [-0.1, -0.05) is 51.9 Å². The zero-order valence-electron chi connectivity index (χ0n) is 13.7. The van der Waals surface area contributed by atoms with Crippen LogP contribution in [-0.2, 0) is 15.0 Å². The molecule has 0 unspecified atom stereocenters. The first-order chi connectivity index (χ1) is 12.5. The fourth-order valence-corrected chi connectivity index (χ4v) is 7.72. The Morgan fingerprint density at radius 1 is 1.08 bits per heavy atom. The molecule has 2 aliphatic heterocycles. The molecule has 1 N–H and O–H groups in total. The van der Waals surface area contributed by atoms with Gasteiger partial charge in [-0.2, -0.15) is 0 Å². The third kappa shape index (κ3) is 2.18. The van der Waals surface area contributed by atoms with Crippen LogP contribution >= 0.6 is 39.0 Å². The molecule has 0 radical (unpaired) electrons. The molecule has 2 atom stereocenters. The van der Waals surface area contributed by atoms with E-state index in [1.807, 2.05) is 12.1 Å². The van der Waals surface area contributed by atoms with Crippen molar-refractivity contribution in [1.29, 1.82) is 0 Å². The molecule has 8 heteroatoms. The molecule has 0 bridgehead atoms. The van der Waals surface area contributed by atoms with Gasteiger partial charge in [0.1, 0.15) is 5.25 Å². The van der Waals surface area contributed by atoms with Crippen LogP contribution in [-0.4, -0.2) is 22.0 Å². The summed E-state index contributed by atoms with van der Waals surface area (Å²) >= 11 is 5.96. The monoisotopic (exact) mass is 450 g/mol. The van der Waals surface area contributed by atoms with E-state index < -0.39 is 5.25 Å². The number of imide groups is 1. The predicted octanol–water partition coefficient (Wildman–Crippen LogP) is 3.67. The average molecular weight is 451 g/mol. The lowest BCUT2D eigenvalue weighted by Crippen LogP contribution is -2.43. The van der Waals surface area contributed by atoms with Crippen molar-refractivity contribution in [3.63, 3.8) is 0 Å². The minimum absolute atomic E-state index is 0.0987. The number of thiazole rings is 1. The molecule has 3 aliphatic rings. The van der Waals surface area contributed by atoms with Gasteiger partial charge in [0.2, 0.25) is 11.8 Å². The normalized spacial score (nSPS) is 26.4. The van der Waals surface area contributed by atoms with Crippen LogP contribution in [0.5, 0.6) is 0 Å². The number of H-pyrrole nitrogens is 1. The van der Waals surface area contributed by atoms with Crippen LogP contribution in [0.1, 0.15) is 30.6 Å². The number of aromatic nitrogens is 1. The van der Waals surface area contributed by atoms with Crippen LogP contribution in [0.4, 0.5) is 5.69 Å². The quantitative estimate of drug-likeness (QED) is 0.672. The van der Waals surface area contributed by atoms with E-state index >= 15 is 0 Å². The Kier molecular flexibility index (Phi) is 3.75. The standard InChI is InChI=1S/C18H15BrN2O3S2/c19-9-3-5-10(6-4-9)21-15(22)11-12(16(21)23)25-14-13(26-17(24)20-14)18(11)7-1-2-8-18/h3-6,11-12H,1-2,7-8H2,(H,20,24)/t11-,12+/m0/s1. The summed E-state index contributed by atoms with van der Waals surface area (Å²) in [4.78, 5) is 43.7. The maximum atomic E-state index is 13.4. The molecular formula is C18H15BrN2O3S2. The van der Waals surface area contributed by atoms with Gasteiger partial charge < -0.3 is 4.98 Å². The summed E-state index contributed by atoms with van der Waals surface area (Å²) in [5.41, 5.74) is 0.245. The van der Waals surface area contributed by atoms with Gasteiger partial charge in [0.25, 0.3) is 0 Å². The summed E-state index contributed by atoms with van der Waals surface area (Å²) in [6.07, 6.45) is 3.78.